The summed E-state index contributed by atoms with van der Waals surface area (Å²) in [5.74, 6) is -0.180. The van der Waals surface area contributed by atoms with E-state index in [-0.39, 0.29) is 30.0 Å². The van der Waals surface area contributed by atoms with Crippen LogP contribution in [0.4, 0.5) is 5.69 Å². The van der Waals surface area contributed by atoms with Crippen LogP contribution in [0.3, 0.4) is 0 Å². The Morgan fingerprint density at radius 1 is 1.38 bits per heavy atom. The fourth-order valence-electron chi connectivity index (χ4n) is 2.41. The average Bonchev–Trinajstić information content (AvgIpc) is 2.89. The summed E-state index contributed by atoms with van der Waals surface area (Å²) in [6, 6.07) is 7.14. The number of nitrogens with zero attached hydrogens (tertiary/aromatic N) is 1. The molecule has 9 heteroatoms. The summed E-state index contributed by atoms with van der Waals surface area (Å²) in [7, 11) is -1.36. The molecule has 1 aliphatic rings. The molecule has 1 fully saturated rings. The van der Waals surface area contributed by atoms with Gasteiger partial charge in [0, 0.05) is 10.9 Å². The zero-order valence-corrected chi connectivity index (χ0v) is 16.0. The van der Waals surface area contributed by atoms with Gasteiger partial charge >= 0.3 is 11.8 Å². The topological polar surface area (TPSA) is 87.5 Å². The first-order valence-electron chi connectivity index (χ1n) is 7.57. The Morgan fingerprint density at radius 3 is 2.58 bits per heavy atom. The number of amidine groups is 1. The largest absolute Gasteiger partial charge is 0.457 e. The molecule has 24 heavy (non-hydrogen) atoms. The summed E-state index contributed by atoms with van der Waals surface area (Å²) in [6.07, 6.45) is 0.488. The van der Waals surface area contributed by atoms with Crippen LogP contribution in [0.1, 0.15) is 13.3 Å². The van der Waals surface area contributed by atoms with Crippen molar-refractivity contribution in [2.45, 2.75) is 19.4 Å². The van der Waals surface area contributed by atoms with Crippen molar-refractivity contribution in [3.05, 3.63) is 28.7 Å². The van der Waals surface area contributed by atoms with Gasteiger partial charge in [-0.15, -0.1) is 0 Å². The van der Waals surface area contributed by atoms with Crippen molar-refractivity contribution in [3.8, 4) is 0 Å². The molecule has 0 aliphatic carbocycles. The van der Waals surface area contributed by atoms with Crippen LogP contribution in [-0.2, 0) is 19.4 Å². The van der Waals surface area contributed by atoms with Crippen LogP contribution in [0.5, 0.6) is 0 Å². The second-order valence-corrected chi connectivity index (χ2v) is 8.64. The molecule has 1 aliphatic heterocycles. The van der Waals surface area contributed by atoms with Crippen molar-refractivity contribution < 1.29 is 22.5 Å². The van der Waals surface area contributed by atoms with Gasteiger partial charge in [0.15, 0.2) is 9.84 Å². The van der Waals surface area contributed by atoms with Crippen molar-refractivity contribution >= 4 is 43.3 Å². The standard InChI is InChI=1S/C15H20BrN3O4S/c1-3-23-15(20)14(18-17-12-6-4-11(16)5-7-12)19(2)13-8-9-24(21,22)10-13/h4-7,13H,3,8-10H2,1-2H3,(H,17,20)/p+1/t13-/m1/s1. The predicted octanol–water partition coefficient (Wildman–Crippen LogP) is 1.16. The second kappa shape index (κ2) is 7.98. The maximum absolute atomic E-state index is 12.2. The summed E-state index contributed by atoms with van der Waals surface area (Å²) >= 11 is 3.36. The Morgan fingerprint density at radius 2 is 2.04 bits per heavy atom. The normalized spacial score (nSPS) is 20.2. The highest BCUT2D eigenvalue weighted by Crippen LogP contribution is 2.15. The first-order chi connectivity index (χ1) is 11.3. The molecule has 7 nitrogen and oxygen atoms in total. The number of carbonyl (C=O) groups is 1. The molecule has 0 spiro atoms. The minimum atomic E-state index is -3.04. The molecule has 1 aromatic carbocycles. The van der Waals surface area contributed by atoms with Gasteiger partial charge in [0.25, 0.3) is 0 Å². The van der Waals surface area contributed by atoms with Crippen LogP contribution in [0.15, 0.2) is 28.7 Å². The zero-order valence-electron chi connectivity index (χ0n) is 13.6. The number of anilines is 1. The maximum atomic E-state index is 12.2. The van der Waals surface area contributed by atoms with Crippen LogP contribution >= 0.6 is 15.9 Å². The Bertz CT molecular complexity index is 732. The molecule has 0 unspecified atom stereocenters. The van der Waals surface area contributed by atoms with Crippen LogP contribution in [-0.4, -0.2) is 56.0 Å². The number of carbonyl (C=O) groups excluding carboxylic acids is 1. The SMILES string of the molecule is CCOC(=O)C(NNc1ccc(Br)cc1)=[N+](C)[C@@H]1CCS(=O)(=O)C1. The summed E-state index contributed by atoms with van der Waals surface area (Å²) in [5.41, 5.74) is 6.55. The quantitative estimate of drug-likeness (QED) is 0.250. The van der Waals surface area contributed by atoms with E-state index in [1.165, 1.54) is 0 Å². The number of benzene rings is 1. The molecule has 0 aromatic heterocycles. The highest BCUT2D eigenvalue weighted by atomic mass is 79.9. The van der Waals surface area contributed by atoms with Crippen molar-refractivity contribution in [3.63, 3.8) is 0 Å². The monoisotopic (exact) mass is 418 g/mol. The summed E-state index contributed by atoms with van der Waals surface area (Å²) in [5, 5.41) is 0. The molecule has 0 bridgehead atoms. The summed E-state index contributed by atoms with van der Waals surface area (Å²) in [6.45, 7) is 1.96. The molecule has 1 heterocycles. The highest BCUT2D eigenvalue weighted by molar-refractivity contribution is 9.10. The Kier molecular flexibility index (Phi) is 6.22. The second-order valence-electron chi connectivity index (χ2n) is 5.49. The fourth-order valence-corrected chi connectivity index (χ4v) is 4.45. The number of ether oxygens (including phenoxy) is 1. The molecule has 132 valence electrons. The number of rotatable bonds is 4. The summed E-state index contributed by atoms with van der Waals surface area (Å²) in [4.78, 5) is 12.2. The van der Waals surface area contributed by atoms with Crippen molar-refractivity contribution in [2.24, 2.45) is 0 Å². The number of sulfone groups is 1. The van der Waals surface area contributed by atoms with E-state index in [4.69, 9.17) is 4.74 Å². The number of halogens is 1. The first kappa shape index (κ1) is 18.7. The lowest BCUT2D eigenvalue weighted by molar-refractivity contribution is -0.533. The van der Waals surface area contributed by atoms with E-state index < -0.39 is 15.8 Å². The minimum Gasteiger partial charge on any atom is -0.457 e. The van der Waals surface area contributed by atoms with Crippen LogP contribution < -0.4 is 10.9 Å². The van der Waals surface area contributed by atoms with Gasteiger partial charge in [0.1, 0.15) is 6.04 Å². The lowest BCUT2D eigenvalue weighted by Gasteiger charge is -2.13. The number of hydrogen-bond acceptors (Lipinski definition) is 5. The Labute approximate surface area is 150 Å². The molecular weight excluding hydrogens is 398 g/mol. The van der Waals surface area contributed by atoms with Gasteiger partial charge in [-0.3, -0.25) is 4.58 Å². The van der Waals surface area contributed by atoms with Gasteiger partial charge in [-0.25, -0.2) is 18.6 Å². The van der Waals surface area contributed by atoms with E-state index in [0.717, 1.165) is 10.2 Å². The van der Waals surface area contributed by atoms with Gasteiger partial charge in [-0.1, -0.05) is 15.9 Å². The predicted molar refractivity (Wildman–Crippen MR) is 95.8 cm³/mol. The van der Waals surface area contributed by atoms with Gasteiger partial charge in [-0.05, 0) is 31.2 Å². The molecule has 2 rings (SSSR count). The van der Waals surface area contributed by atoms with Gasteiger partial charge in [0.05, 0.1) is 30.8 Å². The van der Waals surface area contributed by atoms with E-state index >= 15 is 0 Å². The minimum absolute atomic E-state index is 0.0341. The molecule has 1 atom stereocenters. The number of nitrogens with one attached hydrogen (secondary N) is 2. The molecule has 0 saturated carbocycles. The third-order valence-electron chi connectivity index (χ3n) is 3.75. The van der Waals surface area contributed by atoms with Gasteiger partial charge in [0.2, 0.25) is 0 Å². The number of hydrazine groups is 1. The van der Waals surface area contributed by atoms with Crippen molar-refractivity contribution in [1.82, 2.24) is 5.43 Å². The fraction of sp³-hybridized carbons (Fsp3) is 0.467. The van der Waals surface area contributed by atoms with Crippen molar-refractivity contribution in [1.29, 1.82) is 0 Å². The van der Waals surface area contributed by atoms with Crippen LogP contribution in [0.25, 0.3) is 0 Å². The van der Waals surface area contributed by atoms with Gasteiger partial charge < -0.3 is 4.74 Å². The molecule has 0 radical (unpaired) electrons. The van der Waals surface area contributed by atoms with E-state index in [2.05, 4.69) is 26.8 Å². The molecule has 1 saturated heterocycles. The van der Waals surface area contributed by atoms with E-state index in [9.17, 15) is 13.2 Å². The Hall–Kier alpha value is -1.61. The third-order valence-corrected chi connectivity index (χ3v) is 6.03. The smallest absolute Gasteiger partial charge is 0.423 e. The lowest BCUT2D eigenvalue weighted by atomic mass is 10.2. The van der Waals surface area contributed by atoms with E-state index in [0.29, 0.717) is 6.42 Å². The molecular formula is C15H21BrN3O4S+. The van der Waals surface area contributed by atoms with E-state index in [1.807, 2.05) is 24.3 Å². The van der Waals surface area contributed by atoms with Crippen molar-refractivity contribution in [2.75, 3.05) is 30.6 Å². The molecule has 1 aromatic rings. The van der Waals surface area contributed by atoms with Gasteiger partial charge in [-0.2, -0.15) is 5.43 Å². The number of esters is 1. The highest BCUT2D eigenvalue weighted by Gasteiger charge is 2.35. The Balaban J connectivity index is 2.19. The van der Waals surface area contributed by atoms with Crippen LogP contribution in [0.2, 0.25) is 0 Å². The zero-order chi connectivity index (χ0) is 17.7. The third kappa shape index (κ3) is 4.94. The summed E-state index contributed by atoms with van der Waals surface area (Å²) < 4.78 is 31.0. The van der Waals surface area contributed by atoms with Crippen LogP contribution in [0, 0.1) is 0 Å². The average molecular weight is 419 g/mol. The lowest BCUT2D eigenvalue weighted by Crippen LogP contribution is -2.46. The molecule has 2 N–H and O–H groups in total. The number of hydrogen-bond donors (Lipinski definition) is 2. The molecule has 0 amide bonds. The first-order valence-corrected chi connectivity index (χ1v) is 10.2. The maximum Gasteiger partial charge on any atom is 0.423 e. The van der Waals surface area contributed by atoms with E-state index in [1.54, 1.807) is 18.5 Å².